The van der Waals surface area contributed by atoms with E-state index >= 15 is 0 Å². The molecule has 0 spiro atoms. The summed E-state index contributed by atoms with van der Waals surface area (Å²) in [5.41, 5.74) is 5.71. The molecule has 1 aromatic carbocycles. The van der Waals surface area contributed by atoms with Gasteiger partial charge in [0.25, 0.3) is 0 Å². The van der Waals surface area contributed by atoms with E-state index in [-0.39, 0.29) is 12.1 Å². The number of halogens is 1. The molecule has 0 amide bonds. The highest BCUT2D eigenvalue weighted by atomic mass is 127. The van der Waals surface area contributed by atoms with Crippen molar-refractivity contribution in [2.45, 2.75) is 26.0 Å². The highest BCUT2D eigenvalue weighted by molar-refractivity contribution is 14.1. The van der Waals surface area contributed by atoms with E-state index in [1.807, 2.05) is 38.1 Å². The molecule has 0 aliphatic rings. The Kier molecular flexibility index (Phi) is 3.99. The quantitative estimate of drug-likeness (QED) is 0.868. The van der Waals surface area contributed by atoms with Crippen LogP contribution in [0.15, 0.2) is 24.3 Å². The lowest BCUT2D eigenvalue weighted by molar-refractivity contribution is 0.195. The van der Waals surface area contributed by atoms with Crippen LogP contribution in [0.3, 0.4) is 0 Å². The van der Waals surface area contributed by atoms with Gasteiger partial charge in [0.1, 0.15) is 11.9 Å². The number of para-hydroxylation sites is 1. The lowest BCUT2D eigenvalue weighted by atomic mass is 10.2. The number of hydrogen-bond donors (Lipinski definition) is 1. The van der Waals surface area contributed by atoms with E-state index in [0.29, 0.717) is 0 Å². The first-order valence-corrected chi connectivity index (χ1v) is 5.36. The van der Waals surface area contributed by atoms with Crippen LogP contribution in [0.5, 0.6) is 5.75 Å². The summed E-state index contributed by atoms with van der Waals surface area (Å²) in [6.07, 6.45) is 0.0518. The summed E-state index contributed by atoms with van der Waals surface area (Å²) in [5, 5.41) is 0. The zero-order valence-corrected chi connectivity index (χ0v) is 9.99. The van der Waals surface area contributed by atoms with Gasteiger partial charge in [-0.25, -0.2) is 0 Å². The van der Waals surface area contributed by atoms with Crippen LogP contribution < -0.4 is 10.5 Å². The second-order valence-electron chi connectivity index (χ2n) is 3.11. The fraction of sp³-hybridized carbons (Fsp3) is 0.400. The minimum absolute atomic E-state index is 0.0518. The van der Waals surface area contributed by atoms with Crippen molar-refractivity contribution in [2.75, 3.05) is 0 Å². The zero-order valence-electron chi connectivity index (χ0n) is 7.83. The molecule has 3 heteroatoms. The van der Waals surface area contributed by atoms with Gasteiger partial charge in [0.2, 0.25) is 0 Å². The Morgan fingerprint density at radius 2 is 1.92 bits per heavy atom. The maximum absolute atomic E-state index is 5.71. The minimum atomic E-state index is 0.0518. The topological polar surface area (TPSA) is 35.2 Å². The van der Waals surface area contributed by atoms with Gasteiger partial charge in [0, 0.05) is 6.04 Å². The van der Waals surface area contributed by atoms with Gasteiger partial charge in [-0.3, -0.25) is 0 Å². The first-order chi connectivity index (χ1) is 6.11. The van der Waals surface area contributed by atoms with Crippen LogP contribution in [0.1, 0.15) is 13.8 Å². The second kappa shape index (κ2) is 4.81. The molecule has 0 saturated carbocycles. The molecule has 2 atom stereocenters. The molecule has 0 bridgehead atoms. The van der Waals surface area contributed by atoms with Crippen LogP contribution in [0.4, 0.5) is 0 Å². The van der Waals surface area contributed by atoms with Gasteiger partial charge in [-0.1, -0.05) is 12.1 Å². The normalized spacial score (nSPS) is 15.1. The molecule has 0 aliphatic heterocycles. The van der Waals surface area contributed by atoms with Crippen molar-refractivity contribution >= 4 is 22.6 Å². The lowest BCUT2D eigenvalue weighted by Crippen LogP contribution is -2.33. The smallest absolute Gasteiger partial charge is 0.133 e. The Morgan fingerprint density at radius 1 is 1.31 bits per heavy atom. The maximum atomic E-state index is 5.71. The number of hydrogen-bond acceptors (Lipinski definition) is 2. The van der Waals surface area contributed by atoms with Gasteiger partial charge in [0.15, 0.2) is 0 Å². The summed E-state index contributed by atoms with van der Waals surface area (Å²) in [6, 6.07) is 7.98. The molecule has 0 saturated heterocycles. The monoisotopic (exact) mass is 291 g/mol. The van der Waals surface area contributed by atoms with E-state index in [2.05, 4.69) is 22.6 Å². The number of nitrogens with two attached hydrogens (primary N) is 1. The molecule has 0 radical (unpaired) electrons. The maximum Gasteiger partial charge on any atom is 0.133 e. The Balaban J connectivity index is 2.69. The van der Waals surface area contributed by atoms with Crippen LogP contribution >= 0.6 is 22.6 Å². The van der Waals surface area contributed by atoms with Gasteiger partial charge in [0.05, 0.1) is 3.57 Å². The molecule has 0 heterocycles. The molecule has 0 aliphatic carbocycles. The number of benzene rings is 1. The van der Waals surface area contributed by atoms with Crippen molar-refractivity contribution in [1.29, 1.82) is 0 Å². The van der Waals surface area contributed by atoms with E-state index in [1.54, 1.807) is 0 Å². The highest BCUT2D eigenvalue weighted by Crippen LogP contribution is 2.21. The van der Waals surface area contributed by atoms with E-state index in [4.69, 9.17) is 10.5 Å². The fourth-order valence-electron chi connectivity index (χ4n) is 0.848. The van der Waals surface area contributed by atoms with E-state index < -0.39 is 0 Å². The Hall–Kier alpha value is -0.290. The van der Waals surface area contributed by atoms with Crippen molar-refractivity contribution in [3.05, 3.63) is 27.8 Å². The number of ether oxygens (including phenoxy) is 1. The molecule has 1 aromatic rings. The van der Waals surface area contributed by atoms with Crippen molar-refractivity contribution in [3.8, 4) is 5.75 Å². The van der Waals surface area contributed by atoms with Crippen LogP contribution in [0, 0.1) is 3.57 Å². The molecule has 2 nitrogen and oxygen atoms in total. The summed E-state index contributed by atoms with van der Waals surface area (Å²) >= 11 is 2.25. The zero-order chi connectivity index (χ0) is 9.84. The van der Waals surface area contributed by atoms with E-state index in [0.717, 1.165) is 9.32 Å². The molecule has 0 fully saturated rings. The SMILES string of the molecule is CC(N)C(C)Oc1ccccc1I. The van der Waals surface area contributed by atoms with Crippen molar-refractivity contribution < 1.29 is 4.74 Å². The predicted octanol–water partition coefficient (Wildman–Crippen LogP) is 2.41. The highest BCUT2D eigenvalue weighted by Gasteiger charge is 2.10. The molecular formula is C10H14INO. The van der Waals surface area contributed by atoms with Crippen LogP contribution in [-0.4, -0.2) is 12.1 Å². The standard InChI is InChI=1S/C10H14INO/c1-7(12)8(2)13-10-6-4-3-5-9(10)11/h3-8H,12H2,1-2H3. The van der Waals surface area contributed by atoms with Gasteiger partial charge in [-0.2, -0.15) is 0 Å². The third-order valence-corrected chi connectivity index (χ3v) is 2.78. The van der Waals surface area contributed by atoms with E-state index in [9.17, 15) is 0 Å². The van der Waals surface area contributed by atoms with Gasteiger partial charge < -0.3 is 10.5 Å². The van der Waals surface area contributed by atoms with E-state index in [1.165, 1.54) is 0 Å². The first-order valence-electron chi connectivity index (χ1n) is 4.28. The molecule has 2 N–H and O–H groups in total. The third-order valence-electron chi connectivity index (χ3n) is 1.89. The first kappa shape index (κ1) is 10.8. The molecule has 1 rings (SSSR count). The number of rotatable bonds is 3. The summed E-state index contributed by atoms with van der Waals surface area (Å²) in [4.78, 5) is 0. The van der Waals surface area contributed by atoms with Crippen molar-refractivity contribution in [2.24, 2.45) is 5.73 Å². The average Bonchev–Trinajstić information content (AvgIpc) is 2.08. The fourth-order valence-corrected chi connectivity index (χ4v) is 1.36. The molecular weight excluding hydrogens is 277 g/mol. The summed E-state index contributed by atoms with van der Waals surface area (Å²) < 4.78 is 6.79. The Bertz CT molecular complexity index is 275. The predicted molar refractivity (Wildman–Crippen MR) is 62.9 cm³/mol. The van der Waals surface area contributed by atoms with Gasteiger partial charge in [-0.15, -0.1) is 0 Å². The molecule has 0 aromatic heterocycles. The minimum Gasteiger partial charge on any atom is -0.488 e. The van der Waals surface area contributed by atoms with Crippen LogP contribution in [-0.2, 0) is 0 Å². The van der Waals surface area contributed by atoms with Crippen molar-refractivity contribution in [3.63, 3.8) is 0 Å². The lowest BCUT2D eigenvalue weighted by Gasteiger charge is -2.18. The Morgan fingerprint density at radius 3 is 2.46 bits per heavy atom. The van der Waals surface area contributed by atoms with Crippen LogP contribution in [0.2, 0.25) is 0 Å². The van der Waals surface area contributed by atoms with Crippen LogP contribution in [0.25, 0.3) is 0 Å². The molecule has 2 unspecified atom stereocenters. The largest absolute Gasteiger partial charge is 0.488 e. The summed E-state index contributed by atoms with van der Waals surface area (Å²) in [7, 11) is 0. The molecule has 13 heavy (non-hydrogen) atoms. The van der Waals surface area contributed by atoms with Gasteiger partial charge in [-0.05, 0) is 48.6 Å². The summed E-state index contributed by atoms with van der Waals surface area (Å²) in [5.74, 6) is 0.910. The third kappa shape index (κ3) is 3.15. The Labute approximate surface area is 92.6 Å². The average molecular weight is 291 g/mol. The van der Waals surface area contributed by atoms with Crippen molar-refractivity contribution in [1.82, 2.24) is 0 Å². The van der Waals surface area contributed by atoms with Gasteiger partial charge >= 0.3 is 0 Å². The summed E-state index contributed by atoms with van der Waals surface area (Å²) in [6.45, 7) is 3.92. The molecule has 72 valence electrons. The second-order valence-corrected chi connectivity index (χ2v) is 4.27.